The number of carbonyl (C=O) groups is 1. The summed E-state index contributed by atoms with van der Waals surface area (Å²) in [6.07, 6.45) is 2.63. The largest absolute Gasteiger partial charge is 0.380 e. The lowest BCUT2D eigenvalue weighted by molar-refractivity contribution is 0.0994. The van der Waals surface area contributed by atoms with E-state index in [0.29, 0.717) is 48.4 Å². The van der Waals surface area contributed by atoms with E-state index >= 15 is 0 Å². The van der Waals surface area contributed by atoms with Crippen molar-refractivity contribution in [3.05, 3.63) is 29.6 Å². The van der Waals surface area contributed by atoms with Crippen LogP contribution in [0.2, 0.25) is 0 Å². The zero-order valence-corrected chi connectivity index (χ0v) is 16.2. The zero-order chi connectivity index (χ0) is 20.1. The molecule has 3 aromatic heterocycles. The Hall–Kier alpha value is -3.27. The monoisotopic (exact) mass is 384 g/mol. The molecule has 0 fully saturated rings. The minimum absolute atomic E-state index is 0.0876. The van der Waals surface area contributed by atoms with Crippen molar-refractivity contribution in [1.82, 2.24) is 24.7 Å². The zero-order valence-electron chi connectivity index (χ0n) is 16.2. The van der Waals surface area contributed by atoms with Crippen molar-refractivity contribution in [2.75, 3.05) is 30.9 Å². The predicted octanol–water partition coefficient (Wildman–Crippen LogP) is 1.84. The van der Waals surface area contributed by atoms with Crippen LogP contribution in [0.1, 0.15) is 29.4 Å². The summed E-state index contributed by atoms with van der Waals surface area (Å²) in [6.45, 7) is 5.54. The molecule has 0 atom stereocenters. The molecule has 4 N–H and O–H groups in total. The molecular formula is C18H24N8O2. The van der Waals surface area contributed by atoms with Crippen LogP contribution >= 0.6 is 0 Å². The number of primary amides is 1. The lowest BCUT2D eigenvalue weighted by Gasteiger charge is -2.11. The fourth-order valence-electron chi connectivity index (χ4n) is 2.73. The van der Waals surface area contributed by atoms with Gasteiger partial charge in [0.2, 0.25) is 5.95 Å². The van der Waals surface area contributed by atoms with E-state index in [2.05, 4.69) is 30.7 Å². The molecule has 0 saturated carbocycles. The van der Waals surface area contributed by atoms with E-state index in [0.717, 1.165) is 12.0 Å². The van der Waals surface area contributed by atoms with Crippen molar-refractivity contribution in [1.29, 1.82) is 0 Å². The van der Waals surface area contributed by atoms with Gasteiger partial charge in [-0.3, -0.25) is 9.48 Å². The van der Waals surface area contributed by atoms with Gasteiger partial charge in [0.15, 0.2) is 11.5 Å². The Labute approximate surface area is 162 Å². The van der Waals surface area contributed by atoms with Crippen molar-refractivity contribution in [2.45, 2.75) is 26.8 Å². The standard InChI is InChI=1S/C18H24N8O2/c1-4-8-28-9-7-26-15-13(14(25-26)16(19)27)23-18(20-3)24-17(15)22-12-10-11(2)5-6-21-12/h5-6,10H,4,7-9H2,1-3H3,(H2,19,27)(H2,20,21,22,23,24). The number of hydrogen-bond donors (Lipinski definition) is 3. The molecule has 0 radical (unpaired) electrons. The molecule has 0 spiro atoms. The highest BCUT2D eigenvalue weighted by Gasteiger charge is 2.22. The Bertz CT molecular complexity index is 985. The molecule has 0 aliphatic rings. The van der Waals surface area contributed by atoms with Crippen molar-refractivity contribution >= 4 is 34.5 Å². The topological polar surface area (TPSA) is 133 Å². The van der Waals surface area contributed by atoms with Crippen LogP contribution in [-0.4, -0.2) is 50.9 Å². The van der Waals surface area contributed by atoms with E-state index < -0.39 is 5.91 Å². The van der Waals surface area contributed by atoms with Gasteiger partial charge in [0.1, 0.15) is 16.9 Å². The van der Waals surface area contributed by atoms with Crippen molar-refractivity contribution in [2.24, 2.45) is 5.73 Å². The molecule has 0 bridgehead atoms. The second kappa shape index (κ2) is 8.61. The van der Waals surface area contributed by atoms with Crippen LogP contribution in [0.3, 0.4) is 0 Å². The number of aromatic nitrogens is 5. The van der Waals surface area contributed by atoms with Crippen LogP contribution in [0.15, 0.2) is 18.3 Å². The Morgan fingerprint density at radius 1 is 1.32 bits per heavy atom. The number of carbonyl (C=O) groups excluding carboxylic acids is 1. The number of nitrogens with two attached hydrogens (primary N) is 1. The first-order valence-corrected chi connectivity index (χ1v) is 9.07. The van der Waals surface area contributed by atoms with E-state index in [1.165, 1.54) is 0 Å². The van der Waals surface area contributed by atoms with Gasteiger partial charge in [-0.2, -0.15) is 10.1 Å². The molecule has 0 saturated heterocycles. The highest BCUT2D eigenvalue weighted by atomic mass is 16.5. The molecule has 3 aromatic rings. The molecule has 10 nitrogen and oxygen atoms in total. The molecule has 10 heteroatoms. The van der Waals surface area contributed by atoms with Crippen LogP contribution in [0.25, 0.3) is 11.0 Å². The van der Waals surface area contributed by atoms with Crippen LogP contribution in [-0.2, 0) is 11.3 Å². The Morgan fingerprint density at radius 2 is 2.14 bits per heavy atom. The number of rotatable bonds is 9. The molecule has 3 rings (SSSR count). The van der Waals surface area contributed by atoms with Crippen molar-refractivity contribution < 1.29 is 9.53 Å². The first-order valence-electron chi connectivity index (χ1n) is 9.07. The number of amides is 1. The molecule has 1 amide bonds. The summed E-state index contributed by atoms with van der Waals surface area (Å²) in [6, 6.07) is 3.80. The average Bonchev–Trinajstić information content (AvgIpc) is 3.04. The minimum atomic E-state index is -0.654. The van der Waals surface area contributed by atoms with E-state index in [9.17, 15) is 4.79 Å². The van der Waals surface area contributed by atoms with Crippen LogP contribution < -0.4 is 16.4 Å². The number of nitrogens with one attached hydrogen (secondary N) is 2. The second-order valence-electron chi connectivity index (χ2n) is 6.23. The van der Waals surface area contributed by atoms with Gasteiger partial charge < -0.3 is 21.1 Å². The van der Waals surface area contributed by atoms with Gasteiger partial charge in [0, 0.05) is 19.9 Å². The summed E-state index contributed by atoms with van der Waals surface area (Å²) in [5.41, 5.74) is 7.60. The third-order valence-electron chi connectivity index (χ3n) is 4.00. The fraction of sp³-hybridized carbons (Fsp3) is 0.389. The fourth-order valence-corrected chi connectivity index (χ4v) is 2.73. The van der Waals surface area contributed by atoms with E-state index in [1.54, 1.807) is 17.9 Å². The molecule has 0 unspecified atom stereocenters. The second-order valence-corrected chi connectivity index (χ2v) is 6.23. The van der Waals surface area contributed by atoms with Gasteiger partial charge in [-0.25, -0.2) is 9.97 Å². The van der Waals surface area contributed by atoms with Crippen LogP contribution in [0.4, 0.5) is 17.6 Å². The predicted molar refractivity (Wildman–Crippen MR) is 107 cm³/mol. The van der Waals surface area contributed by atoms with Gasteiger partial charge in [-0.15, -0.1) is 0 Å². The molecule has 148 valence electrons. The Kier molecular flexibility index (Phi) is 5.99. The maximum absolute atomic E-state index is 11.9. The SMILES string of the molecule is CCCOCCn1nc(C(N)=O)c2nc(NC)nc(Nc3cc(C)ccn3)c21. The summed E-state index contributed by atoms with van der Waals surface area (Å²) in [7, 11) is 1.70. The number of fused-ring (bicyclic) bond motifs is 1. The Balaban J connectivity index is 2.09. The summed E-state index contributed by atoms with van der Waals surface area (Å²) >= 11 is 0. The van der Waals surface area contributed by atoms with Crippen LogP contribution in [0, 0.1) is 6.92 Å². The summed E-state index contributed by atoms with van der Waals surface area (Å²) in [5, 5.41) is 10.4. The maximum atomic E-state index is 11.9. The lowest BCUT2D eigenvalue weighted by atomic mass is 10.3. The molecule has 0 aliphatic heterocycles. The number of nitrogens with zero attached hydrogens (tertiary/aromatic N) is 5. The first-order chi connectivity index (χ1) is 13.5. The van der Waals surface area contributed by atoms with Gasteiger partial charge in [0.05, 0.1) is 13.2 Å². The van der Waals surface area contributed by atoms with Gasteiger partial charge in [-0.1, -0.05) is 6.92 Å². The number of anilines is 3. The number of aryl methyl sites for hydroxylation is 1. The van der Waals surface area contributed by atoms with E-state index in [4.69, 9.17) is 10.5 Å². The van der Waals surface area contributed by atoms with Gasteiger partial charge >= 0.3 is 0 Å². The van der Waals surface area contributed by atoms with Crippen molar-refractivity contribution in [3.8, 4) is 0 Å². The molecule has 0 aromatic carbocycles. The van der Waals surface area contributed by atoms with Gasteiger partial charge in [0.25, 0.3) is 5.91 Å². The van der Waals surface area contributed by atoms with Crippen LogP contribution in [0.5, 0.6) is 0 Å². The minimum Gasteiger partial charge on any atom is -0.380 e. The summed E-state index contributed by atoms with van der Waals surface area (Å²) in [5.74, 6) is 0.783. The number of pyridine rings is 1. The smallest absolute Gasteiger partial charge is 0.271 e. The third kappa shape index (κ3) is 4.17. The number of hydrogen-bond acceptors (Lipinski definition) is 8. The highest BCUT2D eigenvalue weighted by Crippen LogP contribution is 2.27. The maximum Gasteiger partial charge on any atom is 0.271 e. The van der Waals surface area contributed by atoms with E-state index in [1.807, 2.05) is 26.0 Å². The van der Waals surface area contributed by atoms with Gasteiger partial charge in [-0.05, 0) is 31.0 Å². The normalized spacial score (nSPS) is 11.0. The summed E-state index contributed by atoms with van der Waals surface area (Å²) in [4.78, 5) is 25.1. The van der Waals surface area contributed by atoms with E-state index in [-0.39, 0.29) is 5.69 Å². The number of ether oxygens (including phenoxy) is 1. The highest BCUT2D eigenvalue weighted by molar-refractivity contribution is 6.05. The Morgan fingerprint density at radius 3 is 2.82 bits per heavy atom. The molecule has 28 heavy (non-hydrogen) atoms. The third-order valence-corrected chi connectivity index (χ3v) is 4.00. The first kappa shape index (κ1) is 19.5. The van der Waals surface area contributed by atoms with Crippen molar-refractivity contribution in [3.63, 3.8) is 0 Å². The molecule has 0 aliphatic carbocycles. The summed E-state index contributed by atoms with van der Waals surface area (Å²) < 4.78 is 7.20. The molecule has 3 heterocycles. The molecular weight excluding hydrogens is 360 g/mol. The quantitative estimate of drug-likeness (QED) is 0.476. The lowest BCUT2D eigenvalue weighted by Crippen LogP contribution is -2.14. The average molecular weight is 384 g/mol.